The molecular formula is C33H60O2. The Morgan fingerprint density at radius 2 is 1.26 bits per heavy atom. The minimum atomic E-state index is 0.157. The number of para-hydroxylation sites is 1. The van der Waals surface area contributed by atoms with Gasteiger partial charge in [-0.1, -0.05) is 131 Å². The Kier molecular flexibility index (Phi) is 15.2. The summed E-state index contributed by atoms with van der Waals surface area (Å²) in [5, 5.41) is 10.4. The Morgan fingerprint density at radius 1 is 0.714 bits per heavy atom. The molecule has 3 unspecified atom stereocenters. The standard InChI is InChI=1S/C33H60O2/c1-9-11-12-13-14-15-16-19-23-35-30(25-28(20-10-2)32(3,4)5)26-29(33(6,7)8)24-27-21-17-18-22-31(27)34/h17-18,21-22,28-30,34H,9-16,19-20,23-26H2,1-8H3. The van der Waals surface area contributed by atoms with Gasteiger partial charge in [-0.15, -0.1) is 0 Å². The van der Waals surface area contributed by atoms with Gasteiger partial charge >= 0.3 is 0 Å². The highest BCUT2D eigenvalue weighted by atomic mass is 16.5. The van der Waals surface area contributed by atoms with Crippen molar-refractivity contribution in [2.75, 3.05) is 6.61 Å². The summed E-state index contributed by atoms with van der Waals surface area (Å²) >= 11 is 0. The van der Waals surface area contributed by atoms with Crippen LogP contribution in [0.3, 0.4) is 0 Å². The molecule has 0 aliphatic carbocycles. The van der Waals surface area contributed by atoms with Crippen LogP contribution in [0.15, 0.2) is 24.3 Å². The van der Waals surface area contributed by atoms with Crippen LogP contribution in [0.25, 0.3) is 0 Å². The first-order valence-corrected chi connectivity index (χ1v) is 14.9. The zero-order chi connectivity index (χ0) is 26.3. The zero-order valence-electron chi connectivity index (χ0n) is 24.8. The van der Waals surface area contributed by atoms with Crippen LogP contribution in [0.5, 0.6) is 5.75 Å². The average Bonchev–Trinajstić information content (AvgIpc) is 2.77. The van der Waals surface area contributed by atoms with Crippen molar-refractivity contribution in [2.45, 2.75) is 145 Å². The van der Waals surface area contributed by atoms with E-state index in [1.165, 1.54) is 64.2 Å². The fourth-order valence-corrected chi connectivity index (χ4v) is 5.30. The molecule has 0 saturated carbocycles. The Bertz CT molecular complexity index is 652. The molecule has 1 N–H and O–H groups in total. The molecule has 0 radical (unpaired) electrons. The SMILES string of the molecule is CCCCCCCCCCOC(CC(CCC)C(C)(C)C)CC(Cc1ccccc1O)C(C)(C)C. The molecule has 0 aliphatic heterocycles. The molecule has 204 valence electrons. The maximum absolute atomic E-state index is 10.4. The van der Waals surface area contributed by atoms with Crippen LogP contribution in [-0.2, 0) is 11.2 Å². The van der Waals surface area contributed by atoms with Crippen LogP contribution in [-0.4, -0.2) is 17.8 Å². The van der Waals surface area contributed by atoms with Crippen LogP contribution in [0, 0.1) is 22.7 Å². The van der Waals surface area contributed by atoms with Gasteiger partial charge in [0.15, 0.2) is 0 Å². The van der Waals surface area contributed by atoms with Gasteiger partial charge in [-0.3, -0.25) is 0 Å². The molecule has 1 aromatic carbocycles. The van der Waals surface area contributed by atoms with Crippen molar-refractivity contribution in [2.24, 2.45) is 22.7 Å². The monoisotopic (exact) mass is 488 g/mol. The van der Waals surface area contributed by atoms with Crippen LogP contribution < -0.4 is 0 Å². The lowest BCUT2D eigenvalue weighted by atomic mass is 9.71. The maximum Gasteiger partial charge on any atom is 0.118 e. The van der Waals surface area contributed by atoms with Crippen molar-refractivity contribution >= 4 is 0 Å². The lowest BCUT2D eigenvalue weighted by Crippen LogP contribution is -2.32. The van der Waals surface area contributed by atoms with E-state index in [1.54, 1.807) is 0 Å². The topological polar surface area (TPSA) is 29.5 Å². The molecule has 0 fully saturated rings. The van der Waals surface area contributed by atoms with Crippen molar-refractivity contribution in [3.05, 3.63) is 29.8 Å². The highest BCUT2D eigenvalue weighted by Gasteiger charge is 2.32. The third-order valence-corrected chi connectivity index (χ3v) is 7.99. The second-order valence-electron chi connectivity index (χ2n) is 13.2. The first-order chi connectivity index (χ1) is 16.5. The van der Waals surface area contributed by atoms with Crippen LogP contribution in [0.4, 0.5) is 0 Å². The highest BCUT2D eigenvalue weighted by Crippen LogP contribution is 2.39. The van der Waals surface area contributed by atoms with E-state index in [0.717, 1.165) is 31.4 Å². The number of phenols is 1. The van der Waals surface area contributed by atoms with Gasteiger partial charge in [0.05, 0.1) is 6.10 Å². The van der Waals surface area contributed by atoms with Crippen LogP contribution in [0.1, 0.15) is 138 Å². The van der Waals surface area contributed by atoms with Crippen LogP contribution >= 0.6 is 0 Å². The van der Waals surface area contributed by atoms with Gasteiger partial charge in [-0.2, -0.15) is 0 Å². The van der Waals surface area contributed by atoms with Crippen molar-refractivity contribution in [3.63, 3.8) is 0 Å². The maximum atomic E-state index is 10.4. The fraction of sp³-hybridized carbons (Fsp3) is 0.818. The summed E-state index contributed by atoms with van der Waals surface area (Å²) in [7, 11) is 0. The summed E-state index contributed by atoms with van der Waals surface area (Å²) in [4.78, 5) is 0. The van der Waals surface area contributed by atoms with Crippen molar-refractivity contribution in [1.82, 2.24) is 0 Å². The van der Waals surface area contributed by atoms with E-state index >= 15 is 0 Å². The normalized spacial score (nSPS) is 15.2. The van der Waals surface area contributed by atoms with Gasteiger partial charge in [-0.05, 0) is 60.0 Å². The molecule has 0 saturated heterocycles. The molecule has 3 atom stereocenters. The highest BCUT2D eigenvalue weighted by molar-refractivity contribution is 5.32. The smallest absolute Gasteiger partial charge is 0.118 e. The number of aromatic hydroxyl groups is 1. The van der Waals surface area contributed by atoms with E-state index in [1.807, 2.05) is 18.2 Å². The number of unbranched alkanes of at least 4 members (excludes halogenated alkanes) is 7. The van der Waals surface area contributed by atoms with E-state index < -0.39 is 0 Å². The Labute approximate surface area is 219 Å². The van der Waals surface area contributed by atoms with Crippen molar-refractivity contribution < 1.29 is 9.84 Å². The number of benzene rings is 1. The van der Waals surface area contributed by atoms with E-state index in [0.29, 0.717) is 23.0 Å². The fourth-order valence-electron chi connectivity index (χ4n) is 5.30. The molecular weight excluding hydrogens is 428 g/mol. The van der Waals surface area contributed by atoms with E-state index in [2.05, 4.69) is 61.5 Å². The zero-order valence-corrected chi connectivity index (χ0v) is 24.8. The molecule has 0 aromatic heterocycles. The summed E-state index contributed by atoms with van der Waals surface area (Å²) in [5.74, 6) is 1.56. The molecule has 2 heteroatoms. The third kappa shape index (κ3) is 13.7. The Hall–Kier alpha value is -1.02. The summed E-state index contributed by atoms with van der Waals surface area (Å²) in [5.41, 5.74) is 1.52. The third-order valence-electron chi connectivity index (χ3n) is 7.99. The number of hydrogen-bond acceptors (Lipinski definition) is 2. The first kappa shape index (κ1) is 32.0. The van der Waals surface area contributed by atoms with Crippen LogP contribution in [0.2, 0.25) is 0 Å². The van der Waals surface area contributed by atoms with Gasteiger partial charge in [-0.25, -0.2) is 0 Å². The molecule has 0 aliphatic rings. The largest absolute Gasteiger partial charge is 0.508 e. The number of phenolic OH excluding ortho intramolecular Hbond substituents is 1. The molecule has 0 spiro atoms. The Morgan fingerprint density at radius 3 is 1.80 bits per heavy atom. The summed E-state index contributed by atoms with van der Waals surface area (Å²) < 4.78 is 6.69. The predicted molar refractivity (Wildman–Crippen MR) is 154 cm³/mol. The summed E-state index contributed by atoms with van der Waals surface area (Å²) in [6.45, 7) is 19.7. The van der Waals surface area contributed by atoms with Crippen molar-refractivity contribution in [3.8, 4) is 5.75 Å². The molecule has 35 heavy (non-hydrogen) atoms. The van der Waals surface area contributed by atoms with Gasteiger partial charge in [0.2, 0.25) is 0 Å². The molecule has 0 amide bonds. The van der Waals surface area contributed by atoms with Gasteiger partial charge in [0.1, 0.15) is 5.75 Å². The molecule has 0 bridgehead atoms. The van der Waals surface area contributed by atoms with Gasteiger partial charge < -0.3 is 9.84 Å². The number of ether oxygens (including phenoxy) is 1. The predicted octanol–water partition coefficient (Wildman–Crippen LogP) is 10.4. The first-order valence-electron chi connectivity index (χ1n) is 14.9. The quantitative estimate of drug-likeness (QED) is 0.208. The average molecular weight is 489 g/mol. The summed E-state index contributed by atoms with van der Waals surface area (Å²) in [6, 6.07) is 7.86. The van der Waals surface area contributed by atoms with Gasteiger partial charge in [0.25, 0.3) is 0 Å². The van der Waals surface area contributed by atoms with E-state index in [4.69, 9.17) is 4.74 Å². The number of rotatable bonds is 18. The second kappa shape index (κ2) is 16.7. The summed E-state index contributed by atoms with van der Waals surface area (Å²) in [6.07, 6.45) is 16.6. The molecule has 1 rings (SSSR count). The van der Waals surface area contributed by atoms with Crippen molar-refractivity contribution in [1.29, 1.82) is 0 Å². The van der Waals surface area contributed by atoms with E-state index in [-0.39, 0.29) is 11.5 Å². The molecule has 1 aromatic rings. The lowest BCUT2D eigenvalue weighted by molar-refractivity contribution is -0.00830. The van der Waals surface area contributed by atoms with E-state index in [9.17, 15) is 5.11 Å². The minimum absolute atomic E-state index is 0.157. The lowest BCUT2D eigenvalue weighted by Gasteiger charge is -2.38. The molecule has 0 heterocycles. The number of hydrogen-bond donors (Lipinski definition) is 1. The second-order valence-corrected chi connectivity index (χ2v) is 13.2. The molecule has 2 nitrogen and oxygen atoms in total. The Balaban J connectivity index is 2.82. The van der Waals surface area contributed by atoms with Gasteiger partial charge in [0, 0.05) is 6.61 Å². The minimum Gasteiger partial charge on any atom is -0.508 e.